The Labute approximate surface area is 220 Å². The van der Waals surface area contributed by atoms with Gasteiger partial charge < -0.3 is 19.7 Å². The second kappa shape index (κ2) is 11.6. The molecule has 0 bridgehead atoms. The summed E-state index contributed by atoms with van der Waals surface area (Å²) in [6, 6.07) is 18.5. The third-order valence-electron chi connectivity index (χ3n) is 6.10. The third-order valence-corrected chi connectivity index (χ3v) is 6.10. The highest BCUT2D eigenvalue weighted by atomic mass is 16.5. The van der Waals surface area contributed by atoms with Crippen LogP contribution in [-0.4, -0.2) is 41.1 Å². The van der Waals surface area contributed by atoms with Crippen molar-refractivity contribution in [2.45, 2.75) is 32.7 Å². The van der Waals surface area contributed by atoms with Crippen molar-refractivity contribution in [1.29, 1.82) is 0 Å². The first-order chi connectivity index (χ1) is 18.3. The number of esters is 1. The Balaban J connectivity index is 1.79. The number of hydrogen-bond acceptors (Lipinski definition) is 7. The van der Waals surface area contributed by atoms with Gasteiger partial charge in [0.15, 0.2) is 0 Å². The molecule has 8 heteroatoms. The molecule has 0 saturated carbocycles. The predicted octanol–water partition coefficient (Wildman–Crippen LogP) is 4.91. The molecule has 1 amide bonds. The first-order valence-electron chi connectivity index (χ1n) is 12.4. The Morgan fingerprint density at radius 3 is 2.34 bits per heavy atom. The zero-order valence-electron chi connectivity index (χ0n) is 21.2. The van der Waals surface area contributed by atoms with Crippen molar-refractivity contribution in [1.82, 2.24) is 0 Å². The summed E-state index contributed by atoms with van der Waals surface area (Å²) in [7, 11) is 0. The molecule has 1 unspecified atom stereocenters. The van der Waals surface area contributed by atoms with E-state index in [-0.39, 0.29) is 36.1 Å². The molecular weight excluding hydrogens is 486 g/mol. The van der Waals surface area contributed by atoms with E-state index in [4.69, 9.17) is 9.47 Å². The van der Waals surface area contributed by atoms with Gasteiger partial charge in [-0.3, -0.25) is 19.3 Å². The molecule has 1 aliphatic heterocycles. The maximum Gasteiger partial charge on any atom is 0.310 e. The van der Waals surface area contributed by atoms with E-state index in [1.165, 1.54) is 17.0 Å². The van der Waals surface area contributed by atoms with Crippen molar-refractivity contribution >= 4 is 29.1 Å². The van der Waals surface area contributed by atoms with Crippen molar-refractivity contribution in [3.63, 3.8) is 0 Å². The molecule has 0 aromatic heterocycles. The van der Waals surface area contributed by atoms with Gasteiger partial charge in [-0.05, 0) is 60.9 Å². The largest absolute Gasteiger partial charge is 0.508 e. The van der Waals surface area contributed by atoms with Crippen LogP contribution >= 0.6 is 0 Å². The van der Waals surface area contributed by atoms with Crippen molar-refractivity contribution in [3.05, 3.63) is 95.1 Å². The molecule has 1 atom stereocenters. The van der Waals surface area contributed by atoms with Gasteiger partial charge in [0.2, 0.25) is 0 Å². The first kappa shape index (κ1) is 26.5. The van der Waals surface area contributed by atoms with Gasteiger partial charge in [-0.15, -0.1) is 0 Å². The lowest BCUT2D eigenvalue weighted by atomic mass is 9.95. The van der Waals surface area contributed by atoms with E-state index in [9.17, 15) is 24.6 Å². The Morgan fingerprint density at radius 1 is 0.974 bits per heavy atom. The molecule has 3 aromatic carbocycles. The minimum atomic E-state index is -0.952. The van der Waals surface area contributed by atoms with Gasteiger partial charge in [0.1, 0.15) is 17.3 Å². The van der Waals surface area contributed by atoms with E-state index in [1.807, 2.05) is 6.92 Å². The normalized spacial score (nSPS) is 16.5. The smallest absolute Gasteiger partial charge is 0.310 e. The van der Waals surface area contributed by atoms with Crippen molar-refractivity contribution < 1.29 is 34.1 Å². The SMILES string of the molecule is CCCOc1cccc(/C(O)=C2/C(=O)C(=O)N(c3ccc(CC(=O)OCC)cc3)C2c2ccc(O)cc2)c1. The number of aliphatic hydroxyl groups excluding tert-OH is 1. The van der Waals surface area contributed by atoms with Crippen LogP contribution in [0, 0.1) is 0 Å². The Bertz CT molecular complexity index is 1360. The van der Waals surface area contributed by atoms with Crippen molar-refractivity contribution in [2.24, 2.45) is 0 Å². The zero-order chi connectivity index (χ0) is 27.2. The van der Waals surface area contributed by atoms with E-state index >= 15 is 0 Å². The lowest BCUT2D eigenvalue weighted by Gasteiger charge is -2.25. The molecule has 4 rings (SSSR count). The van der Waals surface area contributed by atoms with Gasteiger partial charge >= 0.3 is 5.97 Å². The number of rotatable bonds is 9. The maximum atomic E-state index is 13.3. The number of Topliss-reactive ketones (excluding diaryl/α,β-unsaturated/α-hetero) is 1. The number of benzene rings is 3. The number of ketones is 1. The van der Waals surface area contributed by atoms with Gasteiger partial charge in [0.05, 0.1) is 31.2 Å². The quantitative estimate of drug-likeness (QED) is 0.180. The molecule has 196 valence electrons. The number of carbonyl (C=O) groups excluding carboxylic acids is 3. The summed E-state index contributed by atoms with van der Waals surface area (Å²) in [5.41, 5.74) is 1.89. The van der Waals surface area contributed by atoms with Gasteiger partial charge in [0, 0.05) is 11.3 Å². The number of hydrogen-bond donors (Lipinski definition) is 2. The molecule has 2 N–H and O–H groups in total. The topological polar surface area (TPSA) is 113 Å². The van der Waals surface area contributed by atoms with E-state index < -0.39 is 17.7 Å². The molecule has 1 heterocycles. The molecular formula is C30H29NO7. The van der Waals surface area contributed by atoms with Crippen LogP contribution in [0.15, 0.2) is 78.4 Å². The second-order valence-electron chi connectivity index (χ2n) is 8.79. The molecule has 8 nitrogen and oxygen atoms in total. The lowest BCUT2D eigenvalue weighted by molar-refractivity contribution is -0.142. The summed E-state index contributed by atoms with van der Waals surface area (Å²) in [4.78, 5) is 39.9. The highest BCUT2D eigenvalue weighted by molar-refractivity contribution is 6.51. The molecule has 3 aromatic rings. The van der Waals surface area contributed by atoms with Gasteiger partial charge in [0.25, 0.3) is 11.7 Å². The molecule has 1 saturated heterocycles. The van der Waals surface area contributed by atoms with Crippen LogP contribution < -0.4 is 9.64 Å². The Kier molecular flexibility index (Phi) is 8.11. The van der Waals surface area contributed by atoms with Crippen LogP contribution in [0.25, 0.3) is 5.76 Å². The highest BCUT2D eigenvalue weighted by Gasteiger charge is 2.47. The first-order valence-corrected chi connectivity index (χ1v) is 12.4. The average molecular weight is 516 g/mol. The summed E-state index contributed by atoms with van der Waals surface area (Å²) < 4.78 is 10.7. The fourth-order valence-electron chi connectivity index (χ4n) is 4.33. The minimum absolute atomic E-state index is 0.0230. The summed E-state index contributed by atoms with van der Waals surface area (Å²) in [6.07, 6.45) is 0.880. The average Bonchev–Trinajstić information content (AvgIpc) is 3.18. The van der Waals surface area contributed by atoms with Crippen molar-refractivity contribution in [2.75, 3.05) is 18.1 Å². The zero-order valence-corrected chi connectivity index (χ0v) is 21.2. The van der Waals surface area contributed by atoms with Crippen LogP contribution in [-0.2, 0) is 25.5 Å². The van der Waals surface area contributed by atoms with E-state index in [1.54, 1.807) is 67.6 Å². The number of phenolic OH excluding ortho intramolecular Hbond substituents is 1. The standard InChI is InChI=1S/C30H29NO7/c1-3-16-38-24-7-5-6-21(18-24)28(34)26-27(20-10-14-23(32)15-11-20)31(30(36)29(26)35)22-12-8-19(9-13-22)17-25(33)37-4-2/h5-15,18,27,32,34H,3-4,16-17H2,1-2H3/b28-26-. The number of anilines is 1. The Hall–Kier alpha value is -4.59. The molecule has 1 fully saturated rings. The number of phenols is 1. The summed E-state index contributed by atoms with van der Waals surface area (Å²) in [6.45, 7) is 4.48. The molecule has 0 spiro atoms. The number of ether oxygens (including phenoxy) is 2. The molecule has 0 aliphatic carbocycles. The lowest BCUT2D eigenvalue weighted by Crippen LogP contribution is -2.29. The van der Waals surface area contributed by atoms with Crippen LogP contribution in [0.5, 0.6) is 11.5 Å². The predicted molar refractivity (Wildman–Crippen MR) is 142 cm³/mol. The van der Waals surface area contributed by atoms with E-state index in [0.29, 0.717) is 34.7 Å². The fraction of sp³-hybridized carbons (Fsp3) is 0.233. The van der Waals surface area contributed by atoms with Gasteiger partial charge in [-0.2, -0.15) is 0 Å². The number of aromatic hydroxyl groups is 1. The van der Waals surface area contributed by atoms with Crippen LogP contribution in [0.2, 0.25) is 0 Å². The van der Waals surface area contributed by atoms with Crippen LogP contribution in [0.4, 0.5) is 5.69 Å². The number of nitrogens with zero attached hydrogens (tertiary/aromatic N) is 1. The minimum Gasteiger partial charge on any atom is -0.508 e. The second-order valence-corrected chi connectivity index (χ2v) is 8.79. The van der Waals surface area contributed by atoms with Crippen molar-refractivity contribution in [3.8, 4) is 11.5 Å². The van der Waals surface area contributed by atoms with Gasteiger partial charge in [-0.25, -0.2) is 0 Å². The maximum absolute atomic E-state index is 13.3. The molecule has 1 aliphatic rings. The van der Waals surface area contributed by atoms with E-state index in [2.05, 4.69) is 0 Å². The summed E-state index contributed by atoms with van der Waals surface area (Å²) in [5.74, 6) is -1.78. The third kappa shape index (κ3) is 5.54. The fourth-order valence-corrected chi connectivity index (χ4v) is 4.33. The van der Waals surface area contributed by atoms with E-state index in [0.717, 1.165) is 6.42 Å². The highest BCUT2D eigenvalue weighted by Crippen LogP contribution is 2.42. The Morgan fingerprint density at radius 2 is 1.68 bits per heavy atom. The number of aliphatic hydroxyl groups is 1. The molecule has 0 radical (unpaired) electrons. The number of amides is 1. The monoisotopic (exact) mass is 515 g/mol. The van der Waals surface area contributed by atoms with Gasteiger partial charge in [-0.1, -0.05) is 43.3 Å². The van der Waals surface area contributed by atoms with Crippen LogP contribution in [0.1, 0.15) is 43.0 Å². The molecule has 38 heavy (non-hydrogen) atoms. The number of carbonyl (C=O) groups is 3. The summed E-state index contributed by atoms with van der Waals surface area (Å²) >= 11 is 0. The van der Waals surface area contributed by atoms with Crippen LogP contribution in [0.3, 0.4) is 0 Å². The summed E-state index contributed by atoms with van der Waals surface area (Å²) in [5, 5.41) is 21.1.